The van der Waals surface area contributed by atoms with Gasteiger partial charge in [-0.1, -0.05) is 19.1 Å². The Morgan fingerprint density at radius 1 is 1.22 bits per heavy atom. The van der Waals surface area contributed by atoms with Crippen molar-refractivity contribution in [1.82, 2.24) is 15.6 Å². The molecule has 2 rings (SSSR count). The monoisotopic (exact) mass is 391 g/mol. The number of hydrogen-bond donors (Lipinski definition) is 2. The van der Waals surface area contributed by atoms with Gasteiger partial charge in [0.15, 0.2) is 6.61 Å². The van der Waals surface area contributed by atoms with Gasteiger partial charge in [-0.2, -0.15) is 0 Å². The molecule has 2 aromatic rings. The van der Waals surface area contributed by atoms with Crippen molar-refractivity contribution in [1.29, 1.82) is 0 Å². The quantitative estimate of drug-likeness (QED) is 0.505. The first-order valence-electron chi connectivity index (χ1n) is 9.08. The summed E-state index contributed by atoms with van der Waals surface area (Å²) in [6.45, 7) is 3.30. The molecular formula is C19H25N3O4S. The van der Waals surface area contributed by atoms with E-state index in [1.54, 1.807) is 11.3 Å². The van der Waals surface area contributed by atoms with Gasteiger partial charge in [0.2, 0.25) is 0 Å². The van der Waals surface area contributed by atoms with E-state index in [1.165, 1.54) is 0 Å². The molecule has 1 aromatic heterocycles. The number of carbonyl (C=O) groups excluding carboxylic acids is 3. The fourth-order valence-corrected chi connectivity index (χ4v) is 3.32. The van der Waals surface area contributed by atoms with Gasteiger partial charge in [-0.15, -0.1) is 11.3 Å². The first-order chi connectivity index (χ1) is 13.0. The summed E-state index contributed by atoms with van der Waals surface area (Å²) in [7, 11) is 0. The Hall–Kier alpha value is -2.48. The molecule has 1 aromatic carbocycles. The Morgan fingerprint density at radius 2 is 2.00 bits per heavy atom. The summed E-state index contributed by atoms with van der Waals surface area (Å²) in [5.41, 5.74) is 1.00. The molecule has 0 fully saturated rings. The highest BCUT2D eigenvalue weighted by Crippen LogP contribution is 2.22. The molecule has 2 N–H and O–H groups in total. The predicted octanol–water partition coefficient (Wildman–Crippen LogP) is 3.18. The zero-order valence-electron chi connectivity index (χ0n) is 15.6. The minimum atomic E-state index is -0.640. The molecule has 0 aliphatic carbocycles. The van der Waals surface area contributed by atoms with Crippen LogP contribution in [0, 0.1) is 0 Å². The van der Waals surface area contributed by atoms with Crippen LogP contribution in [-0.2, 0) is 20.7 Å². The zero-order chi connectivity index (χ0) is 19.6. The number of thiazole rings is 1. The number of fused-ring (bicyclic) bond motifs is 1. The van der Waals surface area contributed by atoms with Crippen molar-refractivity contribution in [3.63, 3.8) is 0 Å². The molecule has 146 valence electrons. The largest absolute Gasteiger partial charge is 0.456 e. The second-order valence-electron chi connectivity index (χ2n) is 6.27. The fourth-order valence-electron chi connectivity index (χ4n) is 2.32. The molecule has 0 saturated carbocycles. The van der Waals surface area contributed by atoms with Crippen LogP contribution >= 0.6 is 11.3 Å². The number of amides is 3. The Labute approximate surface area is 162 Å². The number of unbranched alkanes of at least 4 members (excludes halogenated alkanes) is 1. The predicted molar refractivity (Wildman–Crippen MR) is 105 cm³/mol. The number of urea groups is 1. The maximum Gasteiger partial charge on any atom is 0.321 e. The van der Waals surface area contributed by atoms with Gasteiger partial charge in [0.25, 0.3) is 5.91 Å². The number of ether oxygens (including phenoxy) is 1. The number of aryl methyl sites for hydroxylation is 1. The highest BCUT2D eigenvalue weighted by atomic mass is 32.1. The van der Waals surface area contributed by atoms with Gasteiger partial charge in [0.05, 0.1) is 15.2 Å². The number of hydrogen-bond acceptors (Lipinski definition) is 6. The van der Waals surface area contributed by atoms with E-state index in [4.69, 9.17) is 4.74 Å². The molecule has 1 heterocycles. The number of carbonyl (C=O) groups is 3. The van der Waals surface area contributed by atoms with Crippen molar-refractivity contribution in [3.05, 3.63) is 29.3 Å². The summed E-state index contributed by atoms with van der Waals surface area (Å²) in [5.74, 6) is -1.09. The number of aromatic nitrogens is 1. The first kappa shape index (κ1) is 20.8. The molecule has 0 aliphatic heterocycles. The summed E-state index contributed by atoms with van der Waals surface area (Å²) >= 11 is 1.66. The molecule has 8 heteroatoms. The molecule has 0 radical (unpaired) electrons. The van der Waals surface area contributed by atoms with E-state index >= 15 is 0 Å². The Bertz CT molecular complexity index is 757. The number of esters is 1. The standard InChI is InChI=1S/C19H25N3O4S/c1-3-13(2)20-19(25)22-16(23)12-26-18(24)11-7-6-10-17-21-14-8-4-5-9-15(14)27-17/h4-5,8-9,13H,3,6-7,10-12H2,1-2H3,(H2,20,22,23,25)/t13-/m1/s1. The van der Waals surface area contributed by atoms with Gasteiger partial charge in [0, 0.05) is 12.5 Å². The molecule has 1 atom stereocenters. The molecule has 0 saturated heterocycles. The van der Waals surface area contributed by atoms with Gasteiger partial charge in [0.1, 0.15) is 0 Å². The van der Waals surface area contributed by atoms with E-state index in [-0.39, 0.29) is 12.5 Å². The SMILES string of the molecule is CC[C@@H](C)NC(=O)NC(=O)COC(=O)CCCCc1nc2ccccc2s1. The summed E-state index contributed by atoms with van der Waals surface area (Å²) < 4.78 is 6.05. The highest BCUT2D eigenvalue weighted by Gasteiger charge is 2.12. The topological polar surface area (TPSA) is 97.4 Å². The third-order valence-electron chi connectivity index (χ3n) is 3.97. The third kappa shape index (κ3) is 7.34. The molecule has 3 amide bonds. The maximum absolute atomic E-state index is 11.7. The number of rotatable bonds is 9. The van der Waals surface area contributed by atoms with Crippen LogP contribution in [-0.4, -0.2) is 35.5 Å². The van der Waals surface area contributed by atoms with Gasteiger partial charge >= 0.3 is 12.0 Å². The first-order valence-corrected chi connectivity index (χ1v) is 9.90. The average Bonchev–Trinajstić information content (AvgIpc) is 3.06. The number of nitrogens with zero attached hydrogens (tertiary/aromatic N) is 1. The number of benzene rings is 1. The molecule has 0 unspecified atom stereocenters. The lowest BCUT2D eigenvalue weighted by Gasteiger charge is -2.11. The lowest BCUT2D eigenvalue weighted by atomic mass is 10.2. The summed E-state index contributed by atoms with van der Waals surface area (Å²) in [4.78, 5) is 39.3. The smallest absolute Gasteiger partial charge is 0.321 e. The van der Waals surface area contributed by atoms with Crippen LogP contribution in [0.2, 0.25) is 0 Å². The van der Waals surface area contributed by atoms with Crippen LogP contribution in [0.3, 0.4) is 0 Å². The highest BCUT2D eigenvalue weighted by molar-refractivity contribution is 7.18. The zero-order valence-corrected chi connectivity index (χ0v) is 16.4. The van der Waals surface area contributed by atoms with Crippen LogP contribution < -0.4 is 10.6 Å². The van der Waals surface area contributed by atoms with Gasteiger partial charge in [-0.25, -0.2) is 9.78 Å². The Balaban J connectivity index is 1.59. The average molecular weight is 391 g/mol. The van der Waals surface area contributed by atoms with Crippen molar-refractivity contribution in [2.75, 3.05) is 6.61 Å². The molecular weight excluding hydrogens is 366 g/mol. The Morgan fingerprint density at radius 3 is 2.74 bits per heavy atom. The van der Waals surface area contributed by atoms with Crippen molar-refractivity contribution in [2.45, 2.75) is 52.0 Å². The molecule has 0 aliphatic rings. The molecule has 0 bridgehead atoms. The van der Waals surface area contributed by atoms with E-state index in [0.717, 1.165) is 34.5 Å². The second kappa shape index (κ2) is 10.6. The van der Waals surface area contributed by atoms with Gasteiger partial charge in [-0.3, -0.25) is 14.9 Å². The van der Waals surface area contributed by atoms with Crippen LogP contribution in [0.1, 0.15) is 44.5 Å². The minimum absolute atomic E-state index is 0.0317. The van der Waals surface area contributed by atoms with Crippen LogP contribution in [0.15, 0.2) is 24.3 Å². The third-order valence-corrected chi connectivity index (χ3v) is 5.06. The molecule has 27 heavy (non-hydrogen) atoms. The molecule has 0 spiro atoms. The van der Waals surface area contributed by atoms with E-state index in [9.17, 15) is 14.4 Å². The Kier molecular flexibility index (Phi) is 8.19. The van der Waals surface area contributed by atoms with E-state index in [2.05, 4.69) is 15.6 Å². The lowest BCUT2D eigenvalue weighted by molar-refractivity contribution is -0.148. The van der Waals surface area contributed by atoms with Crippen LogP contribution in [0.4, 0.5) is 4.79 Å². The lowest BCUT2D eigenvalue weighted by Crippen LogP contribution is -2.44. The van der Waals surface area contributed by atoms with E-state index in [0.29, 0.717) is 6.42 Å². The van der Waals surface area contributed by atoms with Crippen molar-refractivity contribution in [3.8, 4) is 0 Å². The molecule has 7 nitrogen and oxygen atoms in total. The summed E-state index contributed by atoms with van der Waals surface area (Å²) in [6, 6.07) is 7.37. The van der Waals surface area contributed by atoms with E-state index in [1.807, 2.05) is 38.1 Å². The number of imide groups is 1. The summed E-state index contributed by atoms with van der Waals surface area (Å²) in [6.07, 6.45) is 3.27. The van der Waals surface area contributed by atoms with Crippen molar-refractivity contribution >= 4 is 39.5 Å². The number of para-hydroxylation sites is 1. The van der Waals surface area contributed by atoms with Gasteiger partial charge < -0.3 is 10.1 Å². The van der Waals surface area contributed by atoms with Crippen molar-refractivity contribution < 1.29 is 19.1 Å². The fraction of sp³-hybridized carbons (Fsp3) is 0.474. The minimum Gasteiger partial charge on any atom is -0.456 e. The van der Waals surface area contributed by atoms with Crippen LogP contribution in [0.25, 0.3) is 10.2 Å². The summed E-state index contributed by atoms with van der Waals surface area (Å²) in [5, 5.41) is 5.78. The second-order valence-corrected chi connectivity index (χ2v) is 7.39. The van der Waals surface area contributed by atoms with E-state index < -0.39 is 24.5 Å². The normalized spacial score (nSPS) is 11.8. The maximum atomic E-state index is 11.7. The number of nitrogens with one attached hydrogen (secondary N) is 2. The van der Waals surface area contributed by atoms with Gasteiger partial charge in [-0.05, 0) is 44.7 Å². The van der Waals surface area contributed by atoms with Crippen molar-refractivity contribution in [2.24, 2.45) is 0 Å². The van der Waals surface area contributed by atoms with Crippen LogP contribution in [0.5, 0.6) is 0 Å².